The Labute approximate surface area is 111 Å². The van der Waals surface area contributed by atoms with Gasteiger partial charge in [-0.25, -0.2) is 0 Å². The normalized spacial score (nSPS) is 10.0. The van der Waals surface area contributed by atoms with Gasteiger partial charge in [0.2, 0.25) is 5.91 Å². The van der Waals surface area contributed by atoms with Gasteiger partial charge >= 0.3 is 0 Å². The van der Waals surface area contributed by atoms with Gasteiger partial charge in [0.15, 0.2) is 0 Å². The number of benzene rings is 1. The highest BCUT2D eigenvalue weighted by Gasteiger charge is 2.13. The molecule has 1 aromatic rings. The number of non-ortho nitro benzene ring substituents is 1. The van der Waals surface area contributed by atoms with E-state index in [4.69, 9.17) is 4.74 Å². The third-order valence-corrected chi connectivity index (χ3v) is 2.45. The van der Waals surface area contributed by atoms with Crippen LogP contribution in [0, 0.1) is 10.1 Å². The van der Waals surface area contributed by atoms with E-state index < -0.39 is 4.92 Å². The Morgan fingerprint density at radius 1 is 1.47 bits per heavy atom. The number of carbonyl (C=O) groups is 1. The number of nitrogens with zero attached hydrogens (tertiary/aromatic N) is 1. The molecule has 0 unspecified atom stereocenters. The summed E-state index contributed by atoms with van der Waals surface area (Å²) in [5, 5.41) is 16.3. The topological polar surface area (TPSA) is 93.5 Å². The van der Waals surface area contributed by atoms with E-state index in [2.05, 4.69) is 10.6 Å². The highest BCUT2D eigenvalue weighted by Crippen LogP contribution is 2.28. The van der Waals surface area contributed by atoms with Gasteiger partial charge in [-0.15, -0.1) is 0 Å². The van der Waals surface area contributed by atoms with Gasteiger partial charge in [-0.05, 0) is 12.6 Å². The molecular weight excluding hydrogens is 250 g/mol. The summed E-state index contributed by atoms with van der Waals surface area (Å²) in [7, 11) is 1.40. The van der Waals surface area contributed by atoms with Crippen LogP contribution in [-0.4, -0.2) is 31.0 Å². The summed E-state index contributed by atoms with van der Waals surface area (Å²) in [6.45, 7) is 3.34. The Morgan fingerprint density at radius 3 is 2.79 bits per heavy atom. The van der Waals surface area contributed by atoms with Gasteiger partial charge in [0.1, 0.15) is 5.75 Å². The lowest BCUT2D eigenvalue weighted by Gasteiger charge is -2.10. The van der Waals surface area contributed by atoms with E-state index in [0.29, 0.717) is 18.7 Å². The summed E-state index contributed by atoms with van der Waals surface area (Å²) in [5.74, 6) is 0.0964. The summed E-state index contributed by atoms with van der Waals surface area (Å²) < 4.78 is 5.03. The van der Waals surface area contributed by atoms with Crippen LogP contribution in [0.5, 0.6) is 5.75 Å². The lowest BCUT2D eigenvalue weighted by Crippen LogP contribution is -2.21. The summed E-state index contributed by atoms with van der Waals surface area (Å²) in [5.41, 5.74) is 0.345. The fraction of sp³-hybridized carbons (Fsp3) is 0.417. The molecule has 0 radical (unpaired) electrons. The average molecular weight is 267 g/mol. The van der Waals surface area contributed by atoms with Crippen molar-refractivity contribution in [3.63, 3.8) is 0 Å². The molecule has 0 aliphatic rings. The summed E-state index contributed by atoms with van der Waals surface area (Å²) in [6.07, 6.45) is 0.327. The minimum Gasteiger partial charge on any atom is -0.494 e. The zero-order valence-electron chi connectivity index (χ0n) is 10.9. The molecule has 0 aliphatic heterocycles. The number of nitro groups is 1. The number of hydrogen-bond acceptors (Lipinski definition) is 5. The van der Waals surface area contributed by atoms with E-state index in [1.165, 1.54) is 25.3 Å². The number of methoxy groups -OCH3 is 1. The van der Waals surface area contributed by atoms with Crippen molar-refractivity contribution in [3.8, 4) is 5.75 Å². The SMILES string of the molecule is CCNCCC(=O)Nc1ccc([N+](=O)[O-])cc1OC. The largest absolute Gasteiger partial charge is 0.494 e. The van der Waals surface area contributed by atoms with Crippen LogP contribution in [-0.2, 0) is 4.79 Å². The quantitative estimate of drug-likeness (QED) is 0.444. The van der Waals surface area contributed by atoms with Crippen LogP contribution in [0.15, 0.2) is 18.2 Å². The van der Waals surface area contributed by atoms with E-state index in [0.717, 1.165) is 6.54 Å². The van der Waals surface area contributed by atoms with Crippen molar-refractivity contribution in [2.45, 2.75) is 13.3 Å². The molecule has 19 heavy (non-hydrogen) atoms. The Bertz CT molecular complexity index is 462. The molecule has 0 saturated carbocycles. The van der Waals surface area contributed by atoms with Crippen molar-refractivity contribution in [2.75, 3.05) is 25.5 Å². The first-order valence-corrected chi connectivity index (χ1v) is 5.91. The van der Waals surface area contributed by atoms with E-state index in [1.807, 2.05) is 6.92 Å². The van der Waals surface area contributed by atoms with Gasteiger partial charge < -0.3 is 15.4 Å². The zero-order valence-corrected chi connectivity index (χ0v) is 10.9. The van der Waals surface area contributed by atoms with Crippen LogP contribution in [0.2, 0.25) is 0 Å². The molecule has 0 heterocycles. The van der Waals surface area contributed by atoms with E-state index >= 15 is 0 Å². The number of hydrogen-bond donors (Lipinski definition) is 2. The van der Waals surface area contributed by atoms with Crippen molar-refractivity contribution in [1.82, 2.24) is 5.32 Å². The van der Waals surface area contributed by atoms with Crippen molar-refractivity contribution in [3.05, 3.63) is 28.3 Å². The minimum atomic E-state index is -0.515. The molecule has 0 bridgehead atoms. The first kappa shape index (κ1) is 14.9. The van der Waals surface area contributed by atoms with Gasteiger partial charge in [0, 0.05) is 19.0 Å². The Hall–Kier alpha value is -2.15. The Kier molecular flexibility index (Phi) is 5.74. The molecular formula is C12H17N3O4. The second-order valence-electron chi connectivity index (χ2n) is 3.79. The molecule has 0 fully saturated rings. The highest BCUT2D eigenvalue weighted by atomic mass is 16.6. The molecule has 104 valence electrons. The Morgan fingerprint density at radius 2 is 2.21 bits per heavy atom. The molecule has 1 rings (SSSR count). The van der Waals surface area contributed by atoms with Gasteiger partial charge in [0.25, 0.3) is 5.69 Å². The molecule has 1 amide bonds. The summed E-state index contributed by atoms with van der Waals surface area (Å²) >= 11 is 0. The summed E-state index contributed by atoms with van der Waals surface area (Å²) in [6, 6.07) is 4.06. The number of anilines is 1. The maximum atomic E-state index is 11.6. The lowest BCUT2D eigenvalue weighted by atomic mass is 10.2. The number of nitro benzene ring substituents is 1. The zero-order chi connectivity index (χ0) is 14.3. The van der Waals surface area contributed by atoms with Gasteiger partial charge in [-0.3, -0.25) is 14.9 Å². The van der Waals surface area contributed by atoms with E-state index in [1.54, 1.807) is 0 Å². The van der Waals surface area contributed by atoms with Crippen LogP contribution in [0.4, 0.5) is 11.4 Å². The summed E-state index contributed by atoms with van der Waals surface area (Å²) in [4.78, 5) is 21.8. The number of rotatable bonds is 7. The Balaban J connectivity index is 2.72. The van der Waals surface area contributed by atoms with Crippen molar-refractivity contribution < 1.29 is 14.5 Å². The first-order chi connectivity index (χ1) is 9.08. The molecule has 0 aromatic heterocycles. The molecule has 1 aromatic carbocycles. The average Bonchev–Trinajstić information content (AvgIpc) is 2.39. The van der Waals surface area contributed by atoms with Crippen LogP contribution < -0.4 is 15.4 Å². The molecule has 7 nitrogen and oxygen atoms in total. The van der Waals surface area contributed by atoms with Crippen LogP contribution >= 0.6 is 0 Å². The fourth-order valence-electron chi connectivity index (χ4n) is 1.49. The van der Waals surface area contributed by atoms with Gasteiger partial charge in [-0.1, -0.05) is 6.92 Å². The predicted octanol–water partition coefficient (Wildman–Crippen LogP) is 1.54. The lowest BCUT2D eigenvalue weighted by molar-refractivity contribution is -0.384. The molecule has 2 N–H and O–H groups in total. The minimum absolute atomic E-state index is 0.0810. The number of nitrogens with one attached hydrogen (secondary N) is 2. The molecule has 0 saturated heterocycles. The third-order valence-electron chi connectivity index (χ3n) is 2.45. The standard InChI is InChI=1S/C12H17N3O4/c1-3-13-7-6-12(16)14-10-5-4-9(15(17)18)8-11(10)19-2/h4-5,8,13H,3,6-7H2,1-2H3,(H,14,16). The van der Waals surface area contributed by atoms with Crippen molar-refractivity contribution in [1.29, 1.82) is 0 Å². The molecule has 0 spiro atoms. The third kappa shape index (κ3) is 4.55. The van der Waals surface area contributed by atoms with Crippen molar-refractivity contribution >= 4 is 17.3 Å². The fourth-order valence-corrected chi connectivity index (χ4v) is 1.49. The van der Waals surface area contributed by atoms with Crippen molar-refractivity contribution in [2.24, 2.45) is 0 Å². The molecule has 7 heteroatoms. The smallest absolute Gasteiger partial charge is 0.273 e. The maximum absolute atomic E-state index is 11.6. The van der Waals surface area contributed by atoms with Gasteiger partial charge in [-0.2, -0.15) is 0 Å². The monoisotopic (exact) mass is 267 g/mol. The van der Waals surface area contributed by atoms with Gasteiger partial charge in [0.05, 0.1) is 23.8 Å². The predicted molar refractivity (Wildman–Crippen MR) is 71.4 cm³/mol. The maximum Gasteiger partial charge on any atom is 0.273 e. The molecule has 0 aliphatic carbocycles. The number of ether oxygens (including phenoxy) is 1. The van der Waals surface area contributed by atoms with Crippen LogP contribution in [0.1, 0.15) is 13.3 Å². The van der Waals surface area contributed by atoms with E-state index in [9.17, 15) is 14.9 Å². The second kappa shape index (κ2) is 7.32. The van der Waals surface area contributed by atoms with Crippen LogP contribution in [0.3, 0.4) is 0 Å². The number of carbonyl (C=O) groups excluding carboxylic acids is 1. The van der Waals surface area contributed by atoms with E-state index in [-0.39, 0.29) is 17.3 Å². The van der Waals surface area contributed by atoms with Crippen LogP contribution in [0.25, 0.3) is 0 Å². The first-order valence-electron chi connectivity index (χ1n) is 5.91. The number of amides is 1. The highest BCUT2D eigenvalue weighted by molar-refractivity contribution is 5.92. The second-order valence-corrected chi connectivity index (χ2v) is 3.79. The molecule has 0 atom stereocenters.